The summed E-state index contributed by atoms with van der Waals surface area (Å²) in [5, 5.41) is 23.5. The summed E-state index contributed by atoms with van der Waals surface area (Å²) >= 11 is 0. The van der Waals surface area contributed by atoms with Crippen LogP contribution in [-0.4, -0.2) is 46.9 Å². The highest BCUT2D eigenvalue weighted by atomic mass is 16.5. The van der Waals surface area contributed by atoms with Crippen molar-refractivity contribution in [2.75, 3.05) is 6.61 Å². The molecular weight excluding hydrogens is 683 g/mol. The molecule has 3 unspecified atom stereocenters. The molecule has 3 atom stereocenters. The van der Waals surface area contributed by atoms with Gasteiger partial charge in [0.15, 0.2) is 0 Å². The molecule has 0 aromatic rings. The molecule has 0 fully saturated rings. The van der Waals surface area contributed by atoms with Crippen LogP contribution < -0.4 is 5.32 Å². The van der Waals surface area contributed by atoms with E-state index in [2.05, 4.69) is 74.7 Å². The van der Waals surface area contributed by atoms with Gasteiger partial charge in [-0.05, 0) is 70.6 Å². The minimum Gasteiger partial charge on any atom is -0.462 e. The van der Waals surface area contributed by atoms with Crippen molar-refractivity contribution in [3.63, 3.8) is 0 Å². The number of aliphatic hydroxyl groups is 2. The predicted molar refractivity (Wildman–Crippen MR) is 236 cm³/mol. The van der Waals surface area contributed by atoms with E-state index < -0.39 is 18.2 Å². The lowest BCUT2D eigenvalue weighted by molar-refractivity contribution is -0.151. The van der Waals surface area contributed by atoms with Gasteiger partial charge in [-0.15, -0.1) is 0 Å². The number of aliphatic hydroxyl groups excluding tert-OH is 2. The lowest BCUT2D eigenvalue weighted by Crippen LogP contribution is -2.46. The van der Waals surface area contributed by atoms with Crippen molar-refractivity contribution >= 4 is 11.9 Å². The summed E-state index contributed by atoms with van der Waals surface area (Å²) in [6, 6.07) is -0.727. The van der Waals surface area contributed by atoms with Crippen molar-refractivity contribution in [2.45, 2.75) is 206 Å². The number of ether oxygens (including phenoxy) is 1. The van der Waals surface area contributed by atoms with Crippen LogP contribution in [0.5, 0.6) is 0 Å². The van der Waals surface area contributed by atoms with Gasteiger partial charge in [0.25, 0.3) is 0 Å². The molecule has 3 N–H and O–H groups in total. The maximum absolute atomic E-state index is 13.1. The predicted octanol–water partition coefficient (Wildman–Crippen LogP) is 12.8. The molecule has 314 valence electrons. The summed E-state index contributed by atoms with van der Waals surface area (Å²) < 4.78 is 5.85. The number of amides is 1. The topological polar surface area (TPSA) is 95.9 Å². The average Bonchev–Trinajstić information content (AvgIpc) is 3.18. The average molecular weight is 766 g/mol. The zero-order valence-electron chi connectivity index (χ0n) is 35.5. The van der Waals surface area contributed by atoms with Crippen LogP contribution in [0.1, 0.15) is 188 Å². The van der Waals surface area contributed by atoms with E-state index >= 15 is 0 Å². The quantitative estimate of drug-likeness (QED) is 0.0252. The monoisotopic (exact) mass is 766 g/mol. The first kappa shape index (κ1) is 52.0. The molecule has 0 heterocycles. The van der Waals surface area contributed by atoms with E-state index in [1.165, 1.54) is 57.8 Å². The summed E-state index contributed by atoms with van der Waals surface area (Å²) in [5.74, 6) is -0.568. The molecule has 0 radical (unpaired) electrons. The normalized spacial score (nSPS) is 14.2. The number of nitrogens with one attached hydrogen (secondary N) is 1. The second-order valence-electron chi connectivity index (χ2n) is 14.8. The molecule has 0 saturated carbocycles. The molecule has 0 aromatic heterocycles. The van der Waals surface area contributed by atoms with Crippen molar-refractivity contribution in [1.29, 1.82) is 0 Å². The van der Waals surface area contributed by atoms with Gasteiger partial charge in [0.05, 0.1) is 25.2 Å². The maximum Gasteiger partial charge on any atom is 0.306 e. The Kier molecular flexibility index (Phi) is 39.9. The highest BCUT2D eigenvalue weighted by Crippen LogP contribution is 2.16. The number of rotatable bonds is 38. The molecule has 1 amide bonds. The Bertz CT molecular complexity index is 1080. The van der Waals surface area contributed by atoms with Crippen LogP contribution in [0.2, 0.25) is 0 Å². The molecule has 0 aliphatic heterocycles. The van der Waals surface area contributed by atoms with Gasteiger partial charge in [-0.3, -0.25) is 9.59 Å². The van der Waals surface area contributed by atoms with E-state index in [4.69, 9.17) is 4.74 Å². The smallest absolute Gasteiger partial charge is 0.306 e. The molecule has 0 bridgehead atoms. The van der Waals surface area contributed by atoms with E-state index in [1.54, 1.807) is 0 Å². The second-order valence-corrected chi connectivity index (χ2v) is 14.8. The summed E-state index contributed by atoms with van der Waals surface area (Å²) in [4.78, 5) is 25.9. The first-order valence-electron chi connectivity index (χ1n) is 22.4. The van der Waals surface area contributed by atoms with Gasteiger partial charge in [-0.2, -0.15) is 0 Å². The Morgan fingerprint density at radius 3 is 1.73 bits per heavy atom. The third-order valence-corrected chi connectivity index (χ3v) is 9.56. The Labute approximate surface area is 338 Å². The largest absolute Gasteiger partial charge is 0.462 e. The molecule has 6 heteroatoms. The van der Waals surface area contributed by atoms with E-state index in [0.717, 1.165) is 83.5 Å². The first-order chi connectivity index (χ1) is 27.0. The van der Waals surface area contributed by atoms with Crippen LogP contribution in [0.3, 0.4) is 0 Å². The van der Waals surface area contributed by atoms with Gasteiger partial charge in [-0.25, -0.2) is 0 Å². The van der Waals surface area contributed by atoms with Crippen LogP contribution in [0, 0.1) is 0 Å². The maximum atomic E-state index is 13.1. The fraction of sp³-hybridized carbons (Fsp3) is 0.673. The summed E-state index contributed by atoms with van der Waals surface area (Å²) in [7, 11) is 0. The fourth-order valence-corrected chi connectivity index (χ4v) is 6.22. The van der Waals surface area contributed by atoms with Gasteiger partial charge >= 0.3 is 5.97 Å². The van der Waals surface area contributed by atoms with Crippen LogP contribution in [0.25, 0.3) is 0 Å². The molecule has 0 aliphatic rings. The van der Waals surface area contributed by atoms with Crippen molar-refractivity contribution in [1.82, 2.24) is 5.32 Å². The number of unbranched alkanes of at least 4 members (excludes halogenated alkanes) is 15. The number of hydrogen-bond donors (Lipinski definition) is 3. The van der Waals surface area contributed by atoms with Crippen molar-refractivity contribution in [3.05, 3.63) is 85.1 Å². The Hall–Kier alpha value is -2.96. The van der Waals surface area contributed by atoms with Crippen LogP contribution >= 0.6 is 0 Å². The fourth-order valence-electron chi connectivity index (χ4n) is 6.22. The standard InChI is InChI=1S/C49H83NO5/c1-4-7-10-13-16-19-21-22-23-24-25-27-30-33-36-39-42-49(54)55-45(40-37-34-31-29-26-20-17-14-11-8-5-2)43-48(53)50-46(44-51)47(52)41-38-35-32-28-18-15-12-9-6-3/h7-8,10-11,14,16-17,19-20,22-23,26,29,31,45-47,51-52H,4-6,9,12-13,15,18,21,24-25,27-28,30,32-44H2,1-3H3,(H,50,53)/b10-7+,11-8+,17-14+,19-16+,23-22+,26-20-,31-29-. The van der Waals surface area contributed by atoms with Gasteiger partial charge < -0.3 is 20.3 Å². The minimum absolute atomic E-state index is 0.0215. The highest BCUT2D eigenvalue weighted by Gasteiger charge is 2.24. The van der Waals surface area contributed by atoms with Crippen LogP contribution in [0.4, 0.5) is 0 Å². The third kappa shape index (κ3) is 37.7. The number of esters is 1. The Morgan fingerprint density at radius 1 is 0.564 bits per heavy atom. The Morgan fingerprint density at radius 2 is 1.09 bits per heavy atom. The second kappa shape index (κ2) is 42.2. The molecule has 0 rings (SSSR count). The van der Waals surface area contributed by atoms with E-state index in [-0.39, 0.29) is 24.9 Å². The molecular formula is C49H83NO5. The van der Waals surface area contributed by atoms with Gasteiger partial charge in [0, 0.05) is 6.42 Å². The van der Waals surface area contributed by atoms with Crippen molar-refractivity contribution in [3.8, 4) is 0 Å². The lowest BCUT2D eigenvalue weighted by Gasteiger charge is -2.24. The zero-order chi connectivity index (χ0) is 40.3. The molecule has 55 heavy (non-hydrogen) atoms. The Balaban J connectivity index is 4.69. The molecule has 0 aromatic carbocycles. The van der Waals surface area contributed by atoms with Gasteiger partial charge in [-0.1, -0.05) is 189 Å². The first-order valence-corrected chi connectivity index (χ1v) is 22.4. The van der Waals surface area contributed by atoms with Gasteiger partial charge in [0.1, 0.15) is 6.10 Å². The van der Waals surface area contributed by atoms with Gasteiger partial charge in [0.2, 0.25) is 5.91 Å². The number of hydrogen-bond acceptors (Lipinski definition) is 5. The zero-order valence-corrected chi connectivity index (χ0v) is 35.5. The van der Waals surface area contributed by atoms with E-state index in [1.807, 2.05) is 36.5 Å². The molecule has 0 spiro atoms. The van der Waals surface area contributed by atoms with Crippen LogP contribution in [0.15, 0.2) is 85.1 Å². The number of carbonyl (C=O) groups excluding carboxylic acids is 2. The van der Waals surface area contributed by atoms with Crippen LogP contribution in [-0.2, 0) is 14.3 Å². The van der Waals surface area contributed by atoms with Crippen molar-refractivity contribution in [2.24, 2.45) is 0 Å². The summed E-state index contributed by atoms with van der Waals surface area (Å²) in [5.41, 5.74) is 0. The third-order valence-electron chi connectivity index (χ3n) is 9.56. The molecule has 0 aliphatic carbocycles. The summed E-state index contributed by atoms with van der Waals surface area (Å²) in [6.07, 6.45) is 53.7. The highest BCUT2D eigenvalue weighted by molar-refractivity contribution is 5.77. The number of carbonyl (C=O) groups is 2. The molecule has 0 saturated heterocycles. The van der Waals surface area contributed by atoms with E-state index in [9.17, 15) is 19.8 Å². The van der Waals surface area contributed by atoms with Crippen molar-refractivity contribution < 1.29 is 24.5 Å². The lowest BCUT2D eigenvalue weighted by atomic mass is 10.0. The molecule has 6 nitrogen and oxygen atoms in total. The number of allylic oxidation sites excluding steroid dienone is 14. The van der Waals surface area contributed by atoms with E-state index in [0.29, 0.717) is 19.3 Å². The SMILES string of the molecule is CC/C=C/C=C/C=C\C=C/CCCC(CC(=O)NC(CO)C(O)CCCCCCCCCCC)OC(=O)CCCCCCCC/C=C/C/C=C/C/C=C/CC. The summed E-state index contributed by atoms with van der Waals surface area (Å²) in [6.45, 7) is 6.16. The minimum atomic E-state index is -0.808.